The molecule has 1 fully saturated rings. The minimum atomic E-state index is -5.55. The summed E-state index contributed by atoms with van der Waals surface area (Å²) in [6, 6.07) is 0. The molecular weight excluding hydrogens is 765 g/mol. The summed E-state index contributed by atoms with van der Waals surface area (Å²) in [4.78, 5) is 79.9. The van der Waals surface area contributed by atoms with E-state index in [0.717, 1.165) is 17.2 Å². The number of rotatable bonds is 20. The fourth-order valence-corrected chi connectivity index (χ4v) is 7.35. The van der Waals surface area contributed by atoms with E-state index in [9.17, 15) is 53.1 Å². The number of nitrogens with one attached hydrogen (secondary N) is 2. The number of amides is 2. The first-order valence-corrected chi connectivity index (χ1v) is 19.5. The molecule has 0 radical (unpaired) electrons. The molecule has 0 aromatic carbocycles. The van der Waals surface area contributed by atoms with Crippen molar-refractivity contribution in [3.63, 3.8) is 0 Å². The Morgan fingerprint density at radius 1 is 1.08 bits per heavy atom. The maximum Gasteiger partial charge on any atom is 0.481 e. The first-order valence-electron chi connectivity index (χ1n) is 15.0. The van der Waals surface area contributed by atoms with Gasteiger partial charge in [0.25, 0.3) is 0 Å². The largest absolute Gasteiger partial charge is 0.481 e. The number of carbonyl (C=O) groups is 2. The molecular formula is C24H41N8O17P3. The molecule has 0 bridgehead atoms. The van der Waals surface area contributed by atoms with Crippen LogP contribution in [-0.2, 0) is 50.7 Å². The van der Waals surface area contributed by atoms with Crippen LogP contribution in [0.25, 0.3) is 11.2 Å². The predicted octanol–water partition coefficient (Wildman–Crippen LogP) is -1.18. The highest BCUT2D eigenvalue weighted by Crippen LogP contribution is 2.61. The number of nitrogens with two attached hydrogens (primary N) is 1. The number of hydrogen-bond donors (Lipinski definition) is 9. The number of ether oxygens (including phenoxy) is 1. The number of aliphatic hydroxyl groups excluding tert-OH is 2. The molecule has 0 spiro atoms. The summed E-state index contributed by atoms with van der Waals surface area (Å²) in [5, 5.41) is 30.0. The Balaban J connectivity index is 1.55. The van der Waals surface area contributed by atoms with Crippen molar-refractivity contribution in [3.05, 3.63) is 12.7 Å². The summed E-state index contributed by atoms with van der Waals surface area (Å²) in [6.07, 6.45) is -6.40. The van der Waals surface area contributed by atoms with Crippen LogP contribution in [-0.4, -0.2) is 125 Å². The predicted molar refractivity (Wildman–Crippen MR) is 174 cm³/mol. The van der Waals surface area contributed by atoms with Gasteiger partial charge in [0.2, 0.25) is 11.8 Å². The van der Waals surface area contributed by atoms with Crippen molar-refractivity contribution >= 4 is 58.0 Å². The van der Waals surface area contributed by atoms with Gasteiger partial charge in [0.1, 0.15) is 43.4 Å². The summed E-state index contributed by atoms with van der Waals surface area (Å²) in [5.74, 6) is -1.40. The number of anilines is 1. The molecule has 2 amide bonds. The molecule has 52 heavy (non-hydrogen) atoms. The van der Waals surface area contributed by atoms with Crippen molar-refractivity contribution < 1.29 is 80.5 Å². The SMILES string of the molecule is CO/N=C(\C)CCNC(=O)CCNC(=O)[C@@H](O)C(C)(C)COP(=O)(O)OP(=O)(O)OCC1OC(n2cnc3c(N)ncnc32)C(O)C1OP(=O)(O)O. The molecule has 1 aliphatic heterocycles. The number of aliphatic hydroxyl groups is 2. The first-order chi connectivity index (χ1) is 24.1. The molecule has 7 atom stereocenters. The van der Waals surface area contributed by atoms with Gasteiger partial charge in [-0.25, -0.2) is 28.6 Å². The molecule has 3 heterocycles. The van der Waals surface area contributed by atoms with Crippen LogP contribution in [0.3, 0.4) is 0 Å². The number of aromatic nitrogens is 4. The molecule has 2 aromatic rings. The van der Waals surface area contributed by atoms with Crippen LogP contribution in [0.1, 0.15) is 39.8 Å². The third-order valence-electron chi connectivity index (χ3n) is 7.13. The second-order valence-electron chi connectivity index (χ2n) is 11.8. The number of phosphoric ester groups is 3. The van der Waals surface area contributed by atoms with E-state index in [0.29, 0.717) is 12.1 Å². The zero-order valence-corrected chi connectivity index (χ0v) is 30.8. The lowest BCUT2D eigenvalue weighted by molar-refractivity contribution is -0.137. The molecule has 294 valence electrons. The number of hydrogen-bond acceptors (Lipinski definition) is 18. The number of nitrogen functional groups attached to an aromatic ring is 1. The van der Waals surface area contributed by atoms with Crippen molar-refractivity contribution in [3.8, 4) is 0 Å². The fraction of sp³-hybridized carbons (Fsp3) is 0.667. The lowest BCUT2D eigenvalue weighted by atomic mass is 9.87. The van der Waals surface area contributed by atoms with Crippen molar-refractivity contribution in [2.45, 2.75) is 64.3 Å². The van der Waals surface area contributed by atoms with Crippen molar-refractivity contribution in [2.24, 2.45) is 10.6 Å². The average Bonchev–Trinajstić information content (AvgIpc) is 3.59. The summed E-state index contributed by atoms with van der Waals surface area (Å²) >= 11 is 0. The van der Waals surface area contributed by atoms with Crippen LogP contribution < -0.4 is 16.4 Å². The Bertz CT molecular complexity index is 1740. The Labute approximate surface area is 295 Å². The van der Waals surface area contributed by atoms with Gasteiger partial charge in [0, 0.05) is 31.3 Å². The number of carbonyl (C=O) groups excluding carboxylic acids is 2. The zero-order chi connectivity index (χ0) is 39.1. The third kappa shape index (κ3) is 12.6. The van der Waals surface area contributed by atoms with Gasteiger partial charge in [-0.2, -0.15) is 4.31 Å². The van der Waals surface area contributed by atoms with E-state index in [1.165, 1.54) is 21.0 Å². The summed E-state index contributed by atoms with van der Waals surface area (Å²) in [6.45, 7) is 2.33. The third-order valence-corrected chi connectivity index (χ3v) is 10.2. The molecule has 2 aromatic heterocycles. The fourth-order valence-electron chi connectivity index (χ4n) is 4.52. The highest BCUT2D eigenvalue weighted by molar-refractivity contribution is 7.61. The van der Waals surface area contributed by atoms with Crippen LogP contribution in [0.4, 0.5) is 5.82 Å². The Morgan fingerprint density at radius 2 is 1.73 bits per heavy atom. The monoisotopic (exact) mass is 806 g/mol. The van der Waals surface area contributed by atoms with Gasteiger partial charge in [0.05, 0.1) is 25.3 Å². The Hall–Kier alpha value is -2.99. The topological polar surface area (TPSA) is 368 Å². The second-order valence-corrected chi connectivity index (χ2v) is 16.1. The van der Waals surface area contributed by atoms with E-state index in [4.69, 9.17) is 19.5 Å². The van der Waals surface area contributed by atoms with Gasteiger partial charge >= 0.3 is 23.5 Å². The highest BCUT2D eigenvalue weighted by atomic mass is 31.3. The van der Waals surface area contributed by atoms with E-state index in [1.54, 1.807) is 6.92 Å². The van der Waals surface area contributed by atoms with Gasteiger partial charge in [-0.15, -0.1) is 0 Å². The second kappa shape index (κ2) is 17.9. The van der Waals surface area contributed by atoms with Crippen LogP contribution in [0, 0.1) is 5.41 Å². The number of fused-ring (bicyclic) bond motifs is 1. The summed E-state index contributed by atoms with van der Waals surface area (Å²) in [7, 11) is -15.0. The van der Waals surface area contributed by atoms with Crippen molar-refractivity contribution in [1.29, 1.82) is 0 Å². The van der Waals surface area contributed by atoms with E-state index in [2.05, 4.69) is 44.4 Å². The van der Waals surface area contributed by atoms with Crippen LogP contribution in [0.15, 0.2) is 17.8 Å². The lowest BCUT2D eigenvalue weighted by Crippen LogP contribution is -2.46. The van der Waals surface area contributed by atoms with Crippen molar-refractivity contribution in [1.82, 2.24) is 30.2 Å². The maximum absolute atomic E-state index is 12.6. The van der Waals surface area contributed by atoms with Crippen molar-refractivity contribution in [2.75, 3.05) is 39.1 Å². The van der Waals surface area contributed by atoms with Crippen LogP contribution in [0.5, 0.6) is 0 Å². The summed E-state index contributed by atoms with van der Waals surface area (Å²) in [5.41, 5.74) is 4.93. The number of oxime groups is 1. The lowest BCUT2D eigenvalue weighted by Gasteiger charge is -2.30. The minimum Gasteiger partial charge on any atom is -0.399 e. The molecule has 0 aliphatic carbocycles. The number of phosphoric acid groups is 3. The molecule has 1 saturated heterocycles. The number of imidazole rings is 1. The summed E-state index contributed by atoms with van der Waals surface area (Å²) < 4.78 is 61.9. The van der Waals surface area contributed by atoms with Gasteiger partial charge in [-0.05, 0) is 6.92 Å². The highest BCUT2D eigenvalue weighted by Gasteiger charge is 2.50. The van der Waals surface area contributed by atoms with E-state index in [1.807, 2.05) is 0 Å². The molecule has 25 nitrogen and oxygen atoms in total. The molecule has 1 aliphatic rings. The standard InChI is InChI=1S/C24H41N8O17P3/c1-13(31-44-4)5-7-26-15(33)6-8-27-22(36)19(35)24(2,3)10-46-52(42,43)49-51(40,41)45-9-14-18(48-50(37,38)39)17(34)23(47-14)32-12-30-16-20(25)28-11-29-21(16)32/h11-12,14,17-19,23,34-35H,5-10H2,1-4H3,(H,26,33)(H,27,36)(H,40,41)(H,42,43)(H2,25,28,29)(H2,37,38,39)/b31-13+/t14?,17?,18?,19-,23?/m1/s1. The first kappa shape index (κ1) is 43.4. The molecule has 0 saturated carbocycles. The van der Waals surface area contributed by atoms with Gasteiger partial charge in [-0.1, -0.05) is 19.0 Å². The molecule has 28 heteroatoms. The Kier molecular flexibility index (Phi) is 14.9. The normalized spacial score (nSPS) is 22.8. The smallest absolute Gasteiger partial charge is 0.399 e. The van der Waals surface area contributed by atoms with Gasteiger partial charge in [-0.3, -0.25) is 27.7 Å². The zero-order valence-electron chi connectivity index (χ0n) is 28.1. The maximum atomic E-state index is 12.6. The Morgan fingerprint density at radius 3 is 2.38 bits per heavy atom. The molecule has 6 unspecified atom stereocenters. The average molecular weight is 807 g/mol. The van der Waals surface area contributed by atoms with E-state index < -0.39 is 84.6 Å². The quantitative estimate of drug-likeness (QED) is 0.0432. The van der Waals surface area contributed by atoms with Crippen LogP contribution in [0.2, 0.25) is 0 Å². The minimum absolute atomic E-state index is 0.0340. The molecule has 3 rings (SSSR count). The number of nitrogens with zero attached hydrogens (tertiary/aromatic N) is 5. The molecule has 10 N–H and O–H groups in total. The van der Waals surface area contributed by atoms with E-state index in [-0.39, 0.29) is 36.5 Å². The van der Waals surface area contributed by atoms with Gasteiger partial charge in [0.15, 0.2) is 17.7 Å². The van der Waals surface area contributed by atoms with Crippen LogP contribution >= 0.6 is 23.5 Å². The van der Waals surface area contributed by atoms with E-state index >= 15 is 0 Å². The van der Waals surface area contributed by atoms with Gasteiger partial charge < -0.3 is 55.7 Å².